The second kappa shape index (κ2) is 9.24. The summed E-state index contributed by atoms with van der Waals surface area (Å²) >= 11 is 5.75. The number of thioether (sulfide) groups is 1. The molecule has 0 radical (unpaired) electrons. The first-order valence-electron chi connectivity index (χ1n) is 7.03. The van der Waals surface area contributed by atoms with E-state index < -0.39 is 5.76 Å². The molecule has 1 saturated heterocycles. The number of morpholine rings is 1. The van der Waals surface area contributed by atoms with E-state index in [2.05, 4.69) is 15.5 Å². The topological polar surface area (TPSA) is 36.5 Å². The molecule has 0 bridgehead atoms. The van der Waals surface area contributed by atoms with Gasteiger partial charge in [-0.25, -0.2) is 0 Å². The van der Waals surface area contributed by atoms with Crippen molar-refractivity contribution in [2.45, 2.75) is 10.7 Å². The number of benzene rings is 1. The van der Waals surface area contributed by atoms with E-state index >= 15 is 0 Å². The van der Waals surface area contributed by atoms with Gasteiger partial charge >= 0.3 is 0 Å². The highest BCUT2D eigenvalue weighted by atomic mass is 32.2. The third-order valence-corrected chi connectivity index (χ3v) is 4.12. The van der Waals surface area contributed by atoms with E-state index in [1.165, 1.54) is 0 Å². The molecule has 2 rings (SSSR count). The number of hydrogen-bond donors (Lipinski definition) is 2. The smallest absolute Gasteiger partial charge is 0.288 e. The Kier molecular flexibility index (Phi) is 7.31. The fraction of sp³-hybridized carbons (Fsp3) is 0.500. The van der Waals surface area contributed by atoms with Crippen molar-refractivity contribution >= 4 is 34.8 Å². The Morgan fingerprint density at radius 1 is 1.27 bits per heavy atom. The molecule has 1 aromatic carbocycles. The van der Waals surface area contributed by atoms with Gasteiger partial charge in [0, 0.05) is 36.8 Å². The number of alkyl halides is 2. The van der Waals surface area contributed by atoms with Gasteiger partial charge in [-0.2, -0.15) is 8.78 Å². The highest BCUT2D eigenvalue weighted by Gasteiger charge is 2.09. The lowest BCUT2D eigenvalue weighted by molar-refractivity contribution is 0.0389. The van der Waals surface area contributed by atoms with E-state index in [-0.39, 0.29) is 0 Å². The number of rotatable bonds is 6. The third kappa shape index (κ3) is 6.43. The Morgan fingerprint density at radius 3 is 2.59 bits per heavy atom. The second-order valence-corrected chi connectivity index (χ2v) is 6.21. The minimum absolute atomic E-state index is 0.530. The summed E-state index contributed by atoms with van der Waals surface area (Å²) < 4.78 is 29.7. The number of nitrogens with zero attached hydrogens (tertiary/aromatic N) is 1. The third-order valence-electron chi connectivity index (χ3n) is 3.15. The van der Waals surface area contributed by atoms with Crippen LogP contribution >= 0.6 is 24.0 Å². The Balaban J connectivity index is 1.67. The number of ether oxygens (including phenoxy) is 1. The molecule has 1 aliphatic heterocycles. The highest BCUT2D eigenvalue weighted by Crippen LogP contribution is 2.26. The first kappa shape index (κ1) is 17.4. The van der Waals surface area contributed by atoms with Crippen LogP contribution < -0.4 is 10.6 Å². The molecule has 2 N–H and O–H groups in total. The number of anilines is 1. The zero-order valence-electron chi connectivity index (χ0n) is 12.1. The molecule has 0 unspecified atom stereocenters. The predicted molar refractivity (Wildman–Crippen MR) is 89.8 cm³/mol. The monoisotopic (exact) mass is 347 g/mol. The van der Waals surface area contributed by atoms with Crippen molar-refractivity contribution < 1.29 is 13.5 Å². The molecule has 0 atom stereocenters. The molecule has 22 heavy (non-hydrogen) atoms. The average Bonchev–Trinajstić information content (AvgIpc) is 2.50. The fourth-order valence-corrected chi connectivity index (χ4v) is 2.77. The Morgan fingerprint density at radius 2 is 1.95 bits per heavy atom. The van der Waals surface area contributed by atoms with E-state index in [0.29, 0.717) is 21.8 Å². The van der Waals surface area contributed by atoms with Crippen LogP contribution in [-0.4, -0.2) is 55.2 Å². The molecule has 1 fully saturated rings. The molecule has 0 aliphatic carbocycles. The standard InChI is InChI=1S/C14H19F2N3OS2/c15-13(16)22-12-3-1-11(2-4-12)18-14(21)17-5-6-19-7-9-20-10-8-19/h1-4,13H,5-10H2,(H2,17,18,21). The summed E-state index contributed by atoms with van der Waals surface area (Å²) in [5.41, 5.74) is 0.780. The van der Waals surface area contributed by atoms with Crippen LogP contribution in [0.1, 0.15) is 0 Å². The van der Waals surface area contributed by atoms with Gasteiger partial charge in [-0.1, -0.05) is 11.8 Å². The Hall–Kier alpha value is -0.960. The predicted octanol–water partition coefficient (Wildman–Crippen LogP) is 2.62. The van der Waals surface area contributed by atoms with E-state index in [1.807, 2.05) is 0 Å². The van der Waals surface area contributed by atoms with Gasteiger partial charge in [0.05, 0.1) is 13.2 Å². The minimum Gasteiger partial charge on any atom is -0.379 e. The summed E-state index contributed by atoms with van der Waals surface area (Å²) in [7, 11) is 0. The molecule has 122 valence electrons. The molecular formula is C14H19F2N3OS2. The van der Waals surface area contributed by atoms with Gasteiger partial charge in [-0.05, 0) is 36.5 Å². The van der Waals surface area contributed by atoms with Crippen molar-refractivity contribution in [1.29, 1.82) is 0 Å². The van der Waals surface area contributed by atoms with E-state index in [0.717, 1.165) is 45.1 Å². The van der Waals surface area contributed by atoms with Crippen molar-refractivity contribution in [2.75, 3.05) is 44.7 Å². The van der Waals surface area contributed by atoms with Crippen LogP contribution in [0.25, 0.3) is 0 Å². The largest absolute Gasteiger partial charge is 0.379 e. The van der Waals surface area contributed by atoms with E-state index in [4.69, 9.17) is 17.0 Å². The summed E-state index contributed by atoms with van der Waals surface area (Å²) in [5, 5.41) is 6.71. The molecule has 4 nitrogen and oxygen atoms in total. The van der Waals surface area contributed by atoms with Crippen molar-refractivity contribution in [3.63, 3.8) is 0 Å². The molecule has 8 heteroatoms. The van der Waals surface area contributed by atoms with Crippen LogP contribution in [0.5, 0.6) is 0 Å². The molecular weight excluding hydrogens is 328 g/mol. The Bertz CT molecular complexity index is 468. The molecule has 1 aromatic rings. The van der Waals surface area contributed by atoms with Crippen molar-refractivity contribution in [2.24, 2.45) is 0 Å². The van der Waals surface area contributed by atoms with Crippen LogP contribution in [0, 0.1) is 0 Å². The molecule has 1 heterocycles. The highest BCUT2D eigenvalue weighted by molar-refractivity contribution is 7.99. The van der Waals surface area contributed by atoms with Crippen LogP contribution in [0.15, 0.2) is 29.2 Å². The zero-order valence-corrected chi connectivity index (χ0v) is 13.7. The van der Waals surface area contributed by atoms with Crippen LogP contribution in [0.3, 0.4) is 0 Å². The zero-order chi connectivity index (χ0) is 15.8. The van der Waals surface area contributed by atoms with E-state index in [1.54, 1.807) is 24.3 Å². The van der Waals surface area contributed by atoms with Gasteiger partial charge in [0.2, 0.25) is 0 Å². The molecule has 0 aromatic heterocycles. The van der Waals surface area contributed by atoms with Crippen molar-refractivity contribution in [1.82, 2.24) is 10.2 Å². The van der Waals surface area contributed by atoms with Gasteiger partial charge in [-0.3, -0.25) is 4.90 Å². The molecule has 1 aliphatic rings. The number of nitrogens with one attached hydrogen (secondary N) is 2. The normalized spacial score (nSPS) is 15.8. The minimum atomic E-state index is -2.40. The van der Waals surface area contributed by atoms with Crippen LogP contribution in [-0.2, 0) is 4.74 Å². The molecule has 0 saturated carbocycles. The number of halogens is 2. The summed E-state index contributed by atoms with van der Waals surface area (Å²) in [5.74, 6) is -2.40. The fourth-order valence-electron chi connectivity index (χ4n) is 2.05. The van der Waals surface area contributed by atoms with Crippen molar-refractivity contribution in [3.05, 3.63) is 24.3 Å². The summed E-state index contributed by atoms with van der Waals surface area (Å²) in [6, 6.07) is 6.77. The van der Waals surface area contributed by atoms with Gasteiger partial charge in [0.1, 0.15) is 0 Å². The van der Waals surface area contributed by atoms with Crippen LogP contribution in [0.4, 0.5) is 14.5 Å². The van der Waals surface area contributed by atoms with Gasteiger partial charge in [0.25, 0.3) is 5.76 Å². The second-order valence-electron chi connectivity index (χ2n) is 4.74. The summed E-state index contributed by atoms with van der Waals surface area (Å²) in [6.45, 7) is 5.13. The van der Waals surface area contributed by atoms with Gasteiger partial charge < -0.3 is 15.4 Å². The molecule has 0 spiro atoms. The van der Waals surface area contributed by atoms with Gasteiger partial charge in [-0.15, -0.1) is 0 Å². The van der Waals surface area contributed by atoms with Crippen LogP contribution in [0.2, 0.25) is 0 Å². The lowest BCUT2D eigenvalue weighted by atomic mass is 10.3. The maximum absolute atomic E-state index is 12.2. The lowest BCUT2D eigenvalue weighted by Crippen LogP contribution is -2.42. The van der Waals surface area contributed by atoms with E-state index in [9.17, 15) is 8.78 Å². The number of hydrogen-bond acceptors (Lipinski definition) is 4. The maximum Gasteiger partial charge on any atom is 0.288 e. The quantitative estimate of drug-likeness (QED) is 0.609. The summed E-state index contributed by atoms with van der Waals surface area (Å²) in [6.07, 6.45) is 0. The Labute approximate surface area is 138 Å². The van der Waals surface area contributed by atoms with Gasteiger partial charge in [0.15, 0.2) is 5.11 Å². The molecule has 0 amide bonds. The lowest BCUT2D eigenvalue weighted by Gasteiger charge is -2.26. The summed E-state index contributed by atoms with van der Waals surface area (Å²) in [4.78, 5) is 2.85. The first-order valence-corrected chi connectivity index (χ1v) is 8.32. The maximum atomic E-state index is 12.2. The first-order chi connectivity index (χ1) is 10.6. The average molecular weight is 347 g/mol. The number of thiocarbonyl (C=S) groups is 1. The van der Waals surface area contributed by atoms with Crippen molar-refractivity contribution in [3.8, 4) is 0 Å². The SMILES string of the molecule is FC(F)Sc1ccc(NC(=S)NCCN2CCOCC2)cc1.